The fourth-order valence-corrected chi connectivity index (χ4v) is 2.13. The third-order valence-electron chi connectivity index (χ3n) is 3.45. The Morgan fingerprint density at radius 2 is 2.05 bits per heavy atom. The molecule has 1 aromatic carbocycles. The van der Waals surface area contributed by atoms with Crippen LogP contribution in [0.2, 0.25) is 0 Å². The fraction of sp³-hybridized carbons (Fsp3) is 0.375. The van der Waals surface area contributed by atoms with Gasteiger partial charge in [-0.1, -0.05) is 26.0 Å². The van der Waals surface area contributed by atoms with Gasteiger partial charge < -0.3 is 14.6 Å². The molecule has 116 valence electrons. The molecule has 0 atom stereocenters. The number of nitriles is 1. The normalized spacial score (nSPS) is 10.7. The average molecular weight is 302 g/mol. The lowest BCUT2D eigenvalue weighted by Crippen LogP contribution is -2.28. The van der Waals surface area contributed by atoms with Crippen LogP contribution in [-0.4, -0.2) is 36.1 Å². The second-order valence-corrected chi connectivity index (χ2v) is 4.74. The van der Waals surface area contributed by atoms with Crippen LogP contribution in [0, 0.1) is 17.1 Å². The van der Waals surface area contributed by atoms with Crippen LogP contribution in [-0.2, 0) is 0 Å². The number of rotatable bonds is 7. The molecule has 0 bridgehead atoms. The summed E-state index contributed by atoms with van der Waals surface area (Å²) in [6.07, 6.45) is 0. The standard InChI is InChI=1S/C16H19FN4O/c1-3-21(4-2)10-9-19-16-14(11-18)20-15(22-16)12-7-5-6-8-13(12)17/h5-8,19H,3-4,9-10H2,1-2H3. The zero-order valence-electron chi connectivity index (χ0n) is 12.8. The molecule has 0 saturated heterocycles. The molecule has 0 aliphatic rings. The van der Waals surface area contributed by atoms with Crippen molar-refractivity contribution in [1.82, 2.24) is 9.88 Å². The lowest BCUT2D eigenvalue weighted by atomic mass is 10.2. The Balaban J connectivity index is 2.13. The molecule has 2 aromatic rings. The van der Waals surface area contributed by atoms with Crippen molar-refractivity contribution < 1.29 is 8.81 Å². The van der Waals surface area contributed by atoms with Crippen molar-refractivity contribution in [1.29, 1.82) is 5.26 Å². The molecule has 0 unspecified atom stereocenters. The summed E-state index contributed by atoms with van der Waals surface area (Å²) in [4.78, 5) is 6.30. The minimum Gasteiger partial charge on any atom is -0.419 e. The maximum atomic E-state index is 13.8. The van der Waals surface area contributed by atoms with E-state index in [1.807, 2.05) is 6.07 Å². The van der Waals surface area contributed by atoms with Crippen molar-refractivity contribution in [3.05, 3.63) is 35.8 Å². The van der Waals surface area contributed by atoms with E-state index in [1.54, 1.807) is 18.2 Å². The molecule has 0 aliphatic carbocycles. The number of nitrogens with one attached hydrogen (secondary N) is 1. The highest BCUT2D eigenvalue weighted by molar-refractivity contribution is 5.59. The number of anilines is 1. The summed E-state index contributed by atoms with van der Waals surface area (Å²) in [7, 11) is 0. The highest BCUT2D eigenvalue weighted by Gasteiger charge is 2.16. The van der Waals surface area contributed by atoms with Crippen molar-refractivity contribution in [2.24, 2.45) is 0 Å². The molecule has 5 nitrogen and oxygen atoms in total. The SMILES string of the molecule is CCN(CC)CCNc1oc(-c2ccccc2F)nc1C#N. The van der Waals surface area contributed by atoms with Gasteiger partial charge in [-0.2, -0.15) is 10.2 Å². The van der Waals surface area contributed by atoms with Gasteiger partial charge in [0.15, 0.2) is 0 Å². The van der Waals surface area contributed by atoms with Crippen LogP contribution in [0.4, 0.5) is 10.3 Å². The molecule has 22 heavy (non-hydrogen) atoms. The van der Waals surface area contributed by atoms with Crippen molar-refractivity contribution in [3.63, 3.8) is 0 Å². The molecule has 1 N–H and O–H groups in total. The number of aromatic nitrogens is 1. The molecule has 1 aromatic heterocycles. The van der Waals surface area contributed by atoms with Gasteiger partial charge in [-0.25, -0.2) is 4.39 Å². The number of nitrogens with zero attached hydrogens (tertiary/aromatic N) is 3. The van der Waals surface area contributed by atoms with Gasteiger partial charge in [0.05, 0.1) is 5.56 Å². The summed E-state index contributed by atoms with van der Waals surface area (Å²) < 4.78 is 19.3. The Hall–Kier alpha value is -2.39. The van der Waals surface area contributed by atoms with Crippen molar-refractivity contribution in [2.45, 2.75) is 13.8 Å². The van der Waals surface area contributed by atoms with E-state index in [4.69, 9.17) is 9.68 Å². The molecule has 0 fully saturated rings. The second-order valence-electron chi connectivity index (χ2n) is 4.74. The summed E-state index contributed by atoms with van der Waals surface area (Å²) >= 11 is 0. The topological polar surface area (TPSA) is 65.1 Å². The lowest BCUT2D eigenvalue weighted by Gasteiger charge is -2.17. The first-order chi connectivity index (χ1) is 10.7. The van der Waals surface area contributed by atoms with Gasteiger partial charge >= 0.3 is 0 Å². The number of likely N-dealkylation sites (N-methyl/N-ethyl adjacent to an activating group) is 1. The van der Waals surface area contributed by atoms with Crippen LogP contribution >= 0.6 is 0 Å². The van der Waals surface area contributed by atoms with E-state index >= 15 is 0 Å². The zero-order valence-corrected chi connectivity index (χ0v) is 12.8. The summed E-state index contributed by atoms with van der Waals surface area (Å²) in [5.74, 6) is -0.0316. The van der Waals surface area contributed by atoms with E-state index in [9.17, 15) is 4.39 Å². The number of hydrogen-bond acceptors (Lipinski definition) is 5. The second kappa shape index (κ2) is 7.57. The first-order valence-corrected chi connectivity index (χ1v) is 7.31. The van der Waals surface area contributed by atoms with E-state index in [2.05, 4.69) is 29.0 Å². The Bertz CT molecular complexity index is 658. The first-order valence-electron chi connectivity index (χ1n) is 7.31. The molecule has 6 heteroatoms. The van der Waals surface area contributed by atoms with Crippen LogP contribution in [0.1, 0.15) is 19.5 Å². The maximum Gasteiger partial charge on any atom is 0.233 e. The summed E-state index contributed by atoms with van der Waals surface area (Å²) in [6, 6.07) is 8.16. The first kappa shape index (κ1) is 16.0. The fourth-order valence-electron chi connectivity index (χ4n) is 2.13. The summed E-state index contributed by atoms with van der Waals surface area (Å²) in [6.45, 7) is 7.56. The number of halogens is 1. The molecule has 2 rings (SSSR count). The summed E-state index contributed by atoms with van der Waals surface area (Å²) in [5, 5.41) is 12.2. The molecule has 0 saturated carbocycles. The van der Waals surface area contributed by atoms with Crippen molar-refractivity contribution >= 4 is 5.88 Å². The van der Waals surface area contributed by atoms with Crippen LogP contribution < -0.4 is 5.32 Å². The van der Waals surface area contributed by atoms with Gasteiger partial charge in [0.1, 0.15) is 11.9 Å². The number of oxazole rings is 1. The third kappa shape index (κ3) is 3.62. The average Bonchev–Trinajstić information content (AvgIpc) is 2.95. The zero-order chi connectivity index (χ0) is 15.9. The van der Waals surface area contributed by atoms with E-state index in [1.165, 1.54) is 6.07 Å². The van der Waals surface area contributed by atoms with Gasteiger partial charge in [-0.05, 0) is 25.2 Å². The lowest BCUT2D eigenvalue weighted by molar-refractivity contribution is 0.315. The Morgan fingerprint density at radius 1 is 1.32 bits per heavy atom. The van der Waals surface area contributed by atoms with Gasteiger partial charge in [0.2, 0.25) is 17.5 Å². The van der Waals surface area contributed by atoms with Gasteiger partial charge in [0, 0.05) is 13.1 Å². The number of hydrogen-bond donors (Lipinski definition) is 1. The predicted octanol–water partition coefficient (Wildman–Crippen LogP) is 3.11. The number of benzene rings is 1. The van der Waals surface area contributed by atoms with Crippen molar-refractivity contribution in [2.75, 3.05) is 31.5 Å². The summed E-state index contributed by atoms with van der Waals surface area (Å²) in [5.41, 5.74) is 0.383. The molecular formula is C16H19FN4O. The van der Waals surface area contributed by atoms with Gasteiger partial charge in [0.25, 0.3) is 0 Å². The molecule has 0 aliphatic heterocycles. The van der Waals surface area contributed by atoms with Crippen molar-refractivity contribution in [3.8, 4) is 17.5 Å². The maximum absolute atomic E-state index is 13.8. The highest BCUT2D eigenvalue weighted by atomic mass is 19.1. The van der Waals surface area contributed by atoms with E-state index < -0.39 is 5.82 Å². The van der Waals surface area contributed by atoms with Gasteiger partial charge in [-0.15, -0.1) is 0 Å². The minimum absolute atomic E-state index is 0.111. The Labute approximate surface area is 129 Å². The third-order valence-corrected chi connectivity index (χ3v) is 3.45. The quantitative estimate of drug-likeness (QED) is 0.851. The van der Waals surface area contributed by atoms with Crippen LogP contribution in [0.25, 0.3) is 11.5 Å². The minimum atomic E-state index is -0.428. The van der Waals surface area contributed by atoms with E-state index in [0.29, 0.717) is 6.54 Å². The largest absolute Gasteiger partial charge is 0.419 e. The molecule has 0 spiro atoms. The molecule has 1 heterocycles. The van der Waals surface area contributed by atoms with Crippen LogP contribution in [0.3, 0.4) is 0 Å². The Kier molecular flexibility index (Phi) is 5.50. The smallest absolute Gasteiger partial charge is 0.233 e. The highest BCUT2D eigenvalue weighted by Crippen LogP contribution is 2.26. The van der Waals surface area contributed by atoms with E-state index in [-0.39, 0.29) is 23.0 Å². The predicted molar refractivity (Wildman–Crippen MR) is 82.9 cm³/mol. The molecule has 0 amide bonds. The monoisotopic (exact) mass is 302 g/mol. The van der Waals surface area contributed by atoms with Gasteiger partial charge in [-0.3, -0.25) is 0 Å². The molecular weight excluding hydrogens is 283 g/mol. The van der Waals surface area contributed by atoms with Crippen LogP contribution in [0.5, 0.6) is 0 Å². The van der Waals surface area contributed by atoms with Crippen LogP contribution in [0.15, 0.2) is 28.7 Å². The Morgan fingerprint density at radius 3 is 2.68 bits per heavy atom. The molecule has 0 radical (unpaired) electrons. The van der Waals surface area contributed by atoms with E-state index in [0.717, 1.165) is 19.6 Å².